The molecule has 0 bridgehead atoms. The van der Waals surface area contributed by atoms with Crippen LogP contribution in [0, 0.1) is 0 Å². The Hall–Kier alpha value is -1.97. The Morgan fingerprint density at radius 1 is 1.35 bits per heavy atom. The molecule has 0 aromatic heterocycles. The smallest absolute Gasteiger partial charge is 0.334 e. The minimum absolute atomic E-state index is 0.00921. The summed E-state index contributed by atoms with van der Waals surface area (Å²) in [6, 6.07) is 0. The first kappa shape index (κ1) is 11.5. The van der Waals surface area contributed by atoms with E-state index in [1.807, 2.05) is 0 Å². The number of fused-ring (bicyclic) bond motifs is 1. The van der Waals surface area contributed by atoms with Crippen LogP contribution in [0.2, 0.25) is 0 Å². The average Bonchev–Trinajstić information content (AvgIpc) is 2.30. The first-order valence-electron chi connectivity index (χ1n) is 5.47. The summed E-state index contributed by atoms with van der Waals surface area (Å²) < 4.78 is 4.86. The summed E-state index contributed by atoms with van der Waals surface area (Å²) in [6.07, 6.45) is 4.95. The molecule has 0 radical (unpaired) electrons. The topological polar surface area (TPSA) is 60.4 Å². The van der Waals surface area contributed by atoms with E-state index in [2.05, 4.69) is 0 Å². The zero-order valence-corrected chi connectivity index (χ0v) is 9.49. The second-order valence-corrected chi connectivity index (χ2v) is 3.88. The Labute approximate surface area is 98.6 Å². The van der Waals surface area contributed by atoms with Crippen LogP contribution in [-0.2, 0) is 19.1 Å². The molecular weight excluding hydrogens is 220 g/mol. The standard InChI is InChI=1S/C13H12O4/c1-2-17-13(16)9-5-8-3-4-10(14)7-11(8)12(15)6-9/h3,5,7H,2,4,6H2,1H3. The summed E-state index contributed by atoms with van der Waals surface area (Å²) in [6.45, 7) is 2.00. The molecule has 4 nitrogen and oxygen atoms in total. The lowest BCUT2D eigenvalue weighted by Gasteiger charge is -2.18. The minimum Gasteiger partial charge on any atom is -0.463 e. The Morgan fingerprint density at radius 3 is 2.82 bits per heavy atom. The molecule has 0 N–H and O–H groups in total. The Balaban J connectivity index is 2.32. The predicted octanol–water partition coefficient (Wildman–Crippen LogP) is 1.27. The van der Waals surface area contributed by atoms with Crippen molar-refractivity contribution in [2.24, 2.45) is 0 Å². The molecule has 0 aromatic carbocycles. The number of carbonyl (C=O) groups is 3. The summed E-state index contributed by atoms with van der Waals surface area (Å²) in [5, 5.41) is 0. The molecule has 0 aromatic rings. The lowest BCUT2D eigenvalue weighted by Crippen LogP contribution is -2.20. The lowest BCUT2D eigenvalue weighted by atomic mass is 9.85. The van der Waals surface area contributed by atoms with Crippen molar-refractivity contribution in [3.05, 3.63) is 34.9 Å². The normalized spacial score (nSPS) is 19.0. The second-order valence-electron chi connectivity index (χ2n) is 3.88. The van der Waals surface area contributed by atoms with Crippen LogP contribution in [0.1, 0.15) is 19.8 Å². The van der Waals surface area contributed by atoms with Crippen molar-refractivity contribution in [2.75, 3.05) is 6.61 Å². The van der Waals surface area contributed by atoms with E-state index < -0.39 is 5.97 Å². The van der Waals surface area contributed by atoms with Gasteiger partial charge in [-0.2, -0.15) is 0 Å². The van der Waals surface area contributed by atoms with Gasteiger partial charge in [0.15, 0.2) is 11.6 Å². The Bertz CT molecular complexity index is 492. The van der Waals surface area contributed by atoms with Gasteiger partial charge in [0.1, 0.15) is 0 Å². The molecule has 0 atom stereocenters. The molecule has 0 fully saturated rings. The van der Waals surface area contributed by atoms with Crippen LogP contribution in [0.4, 0.5) is 0 Å². The molecule has 0 amide bonds. The lowest BCUT2D eigenvalue weighted by molar-refractivity contribution is -0.139. The molecule has 2 rings (SSSR count). The number of hydrogen-bond acceptors (Lipinski definition) is 4. The molecule has 0 saturated heterocycles. The molecule has 88 valence electrons. The van der Waals surface area contributed by atoms with Gasteiger partial charge in [0.2, 0.25) is 0 Å². The summed E-state index contributed by atoms with van der Waals surface area (Å²) in [5.74, 6) is -0.738. The van der Waals surface area contributed by atoms with Gasteiger partial charge < -0.3 is 4.74 Å². The van der Waals surface area contributed by atoms with E-state index in [4.69, 9.17) is 4.74 Å². The molecule has 2 aliphatic rings. The van der Waals surface area contributed by atoms with Crippen molar-refractivity contribution in [2.45, 2.75) is 19.8 Å². The number of esters is 1. The van der Waals surface area contributed by atoms with Crippen LogP contribution in [-0.4, -0.2) is 24.1 Å². The Morgan fingerprint density at radius 2 is 2.12 bits per heavy atom. The predicted molar refractivity (Wildman–Crippen MR) is 60.1 cm³/mol. The van der Waals surface area contributed by atoms with Gasteiger partial charge in [-0.05, 0) is 24.6 Å². The van der Waals surface area contributed by atoms with E-state index >= 15 is 0 Å². The molecule has 0 saturated carbocycles. The number of Topliss-reactive ketones (excluding diaryl/α,β-unsaturated/α-hetero) is 1. The van der Waals surface area contributed by atoms with E-state index in [0.717, 1.165) is 0 Å². The number of hydrogen-bond donors (Lipinski definition) is 0. The van der Waals surface area contributed by atoms with Gasteiger partial charge >= 0.3 is 5.97 Å². The number of allylic oxidation sites excluding steroid dienone is 5. The van der Waals surface area contributed by atoms with Crippen LogP contribution >= 0.6 is 0 Å². The molecule has 2 aliphatic carbocycles. The van der Waals surface area contributed by atoms with E-state index in [1.54, 1.807) is 19.1 Å². The van der Waals surface area contributed by atoms with Crippen molar-refractivity contribution in [1.29, 1.82) is 0 Å². The monoisotopic (exact) mass is 232 g/mol. The summed E-state index contributed by atoms with van der Waals surface area (Å²) in [7, 11) is 0. The van der Waals surface area contributed by atoms with Gasteiger partial charge in [-0.1, -0.05) is 6.08 Å². The maximum absolute atomic E-state index is 11.8. The van der Waals surface area contributed by atoms with Gasteiger partial charge in [0.25, 0.3) is 0 Å². The van der Waals surface area contributed by atoms with Gasteiger partial charge in [0.05, 0.1) is 6.61 Å². The fourth-order valence-electron chi connectivity index (χ4n) is 1.86. The molecule has 0 unspecified atom stereocenters. The summed E-state index contributed by atoms with van der Waals surface area (Å²) in [5.41, 5.74) is 1.42. The van der Waals surface area contributed by atoms with Crippen molar-refractivity contribution < 1.29 is 19.1 Å². The quantitative estimate of drug-likeness (QED) is 0.673. The van der Waals surface area contributed by atoms with E-state index in [0.29, 0.717) is 16.7 Å². The fraction of sp³-hybridized carbons (Fsp3) is 0.308. The van der Waals surface area contributed by atoms with Gasteiger partial charge in [0, 0.05) is 24.0 Å². The third-order valence-corrected chi connectivity index (χ3v) is 2.66. The Kier molecular flexibility index (Phi) is 3.04. The highest BCUT2D eigenvalue weighted by molar-refractivity contribution is 6.13. The van der Waals surface area contributed by atoms with E-state index in [1.165, 1.54) is 6.08 Å². The van der Waals surface area contributed by atoms with Gasteiger partial charge in [-0.15, -0.1) is 0 Å². The third kappa shape index (κ3) is 2.25. The third-order valence-electron chi connectivity index (χ3n) is 2.66. The highest BCUT2D eigenvalue weighted by atomic mass is 16.5. The molecule has 0 heterocycles. The van der Waals surface area contributed by atoms with Crippen molar-refractivity contribution in [1.82, 2.24) is 0 Å². The fourth-order valence-corrected chi connectivity index (χ4v) is 1.86. The van der Waals surface area contributed by atoms with Gasteiger partial charge in [-0.3, -0.25) is 9.59 Å². The SMILES string of the molecule is CCOC(=O)C1=CC2=CCC(=O)C=C2C(=O)C1. The van der Waals surface area contributed by atoms with Crippen LogP contribution in [0.25, 0.3) is 0 Å². The van der Waals surface area contributed by atoms with Crippen LogP contribution < -0.4 is 0 Å². The van der Waals surface area contributed by atoms with Crippen molar-refractivity contribution >= 4 is 17.5 Å². The molecular formula is C13H12O4. The van der Waals surface area contributed by atoms with Crippen molar-refractivity contribution in [3.63, 3.8) is 0 Å². The first-order valence-corrected chi connectivity index (χ1v) is 5.47. The first-order chi connectivity index (χ1) is 8.11. The number of ketones is 2. The number of ether oxygens (including phenoxy) is 1. The summed E-state index contributed by atoms with van der Waals surface area (Å²) in [4.78, 5) is 34.5. The highest BCUT2D eigenvalue weighted by Crippen LogP contribution is 2.28. The van der Waals surface area contributed by atoms with Crippen LogP contribution in [0.3, 0.4) is 0 Å². The minimum atomic E-state index is -0.460. The van der Waals surface area contributed by atoms with Crippen LogP contribution in [0.15, 0.2) is 34.9 Å². The molecule has 17 heavy (non-hydrogen) atoms. The van der Waals surface area contributed by atoms with Gasteiger partial charge in [-0.25, -0.2) is 4.79 Å². The zero-order valence-electron chi connectivity index (χ0n) is 9.49. The van der Waals surface area contributed by atoms with E-state index in [9.17, 15) is 14.4 Å². The number of carbonyl (C=O) groups excluding carboxylic acids is 3. The largest absolute Gasteiger partial charge is 0.463 e. The number of rotatable bonds is 2. The van der Waals surface area contributed by atoms with E-state index in [-0.39, 0.29) is 31.0 Å². The van der Waals surface area contributed by atoms with Crippen molar-refractivity contribution in [3.8, 4) is 0 Å². The maximum Gasteiger partial charge on any atom is 0.334 e. The highest BCUT2D eigenvalue weighted by Gasteiger charge is 2.27. The summed E-state index contributed by atoms with van der Waals surface area (Å²) >= 11 is 0. The average molecular weight is 232 g/mol. The maximum atomic E-state index is 11.8. The molecule has 0 aliphatic heterocycles. The van der Waals surface area contributed by atoms with Crippen LogP contribution in [0.5, 0.6) is 0 Å². The zero-order chi connectivity index (χ0) is 12.4. The molecule has 0 spiro atoms. The second kappa shape index (κ2) is 4.49. The molecule has 4 heteroatoms.